The number of carbonyl (C=O) groups is 3. The Morgan fingerprint density at radius 3 is 2.63 bits per heavy atom. The molecule has 2 fully saturated rings. The van der Waals surface area contributed by atoms with Crippen molar-refractivity contribution in [3.8, 4) is 0 Å². The first kappa shape index (κ1) is 22.3. The molecule has 2 atom stereocenters. The number of carbonyl (C=O) groups excluding carboxylic acids is 3. The van der Waals surface area contributed by atoms with Crippen molar-refractivity contribution < 1.29 is 19.1 Å². The second kappa shape index (κ2) is 9.11. The van der Waals surface area contributed by atoms with Gasteiger partial charge in [0.25, 0.3) is 11.8 Å². The summed E-state index contributed by atoms with van der Waals surface area (Å²) in [4.78, 5) is 45.4. The Bertz CT molecular complexity index is 1170. The van der Waals surface area contributed by atoms with E-state index < -0.39 is 0 Å². The van der Waals surface area contributed by atoms with E-state index in [2.05, 4.69) is 23.1 Å². The van der Waals surface area contributed by atoms with Gasteiger partial charge in [-0.2, -0.15) is 0 Å². The molecule has 4 aliphatic rings. The SMILES string of the molecule is O=C([C@H]1CCCN(c2cccc3c2C(=O)N(C[C@H]2CCCO2)C3=O)C1)N1CCc2ccccc2C1. The van der Waals surface area contributed by atoms with Crippen LogP contribution in [-0.2, 0) is 22.5 Å². The van der Waals surface area contributed by atoms with Crippen LogP contribution in [0.4, 0.5) is 5.69 Å². The van der Waals surface area contributed by atoms with E-state index in [0.29, 0.717) is 37.4 Å². The van der Waals surface area contributed by atoms with Crippen molar-refractivity contribution in [3.63, 3.8) is 0 Å². The summed E-state index contributed by atoms with van der Waals surface area (Å²) in [6, 6.07) is 13.9. The number of hydrogen-bond acceptors (Lipinski definition) is 5. The van der Waals surface area contributed by atoms with Crippen molar-refractivity contribution in [2.24, 2.45) is 5.92 Å². The number of nitrogens with zero attached hydrogens (tertiary/aromatic N) is 3. The molecule has 6 rings (SSSR count). The quantitative estimate of drug-likeness (QED) is 0.638. The van der Waals surface area contributed by atoms with Crippen LogP contribution in [-0.4, -0.2) is 66.4 Å². The standard InChI is InChI=1S/C28H31N3O4/c32-26(30-14-12-19-6-1-2-7-20(19)16-30)21-8-4-13-29(17-21)24-11-3-10-23-25(24)28(34)31(27(23)33)18-22-9-5-15-35-22/h1-3,6-7,10-11,21-22H,4-5,8-9,12-18H2/t21-,22+/m0/s1. The highest BCUT2D eigenvalue weighted by Crippen LogP contribution is 2.35. The molecule has 0 saturated carbocycles. The Balaban J connectivity index is 1.20. The van der Waals surface area contributed by atoms with Gasteiger partial charge in [-0.25, -0.2) is 0 Å². The molecule has 2 aromatic carbocycles. The minimum Gasteiger partial charge on any atom is -0.376 e. The maximum absolute atomic E-state index is 13.5. The molecule has 0 bridgehead atoms. The molecule has 4 aliphatic heterocycles. The predicted octanol–water partition coefficient (Wildman–Crippen LogP) is 3.26. The largest absolute Gasteiger partial charge is 0.376 e. The number of imide groups is 1. The molecule has 0 aliphatic carbocycles. The minimum atomic E-state index is -0.239. The fraction of sp³-hybridized carbons (Fsp3) is 0.464. The van der Waals surface area contributed by atoms with Crippen LogP contribution in [0, 0.1) is 5.92 Å². The lowest BCUT2D eigenvalue weighted by Gasteiger charge is -2.38. The van der Waals surface area contributed by atoms with E-state index in [1.54, 1.807) is 6.07 Å². The summed E-state index contributed by atoms with van der Waals surface area (Å²) < 4.78 is 5.68. The number of hydrogen-bond donors (Lipinski definition) is 0. The van der Waals surface area contributed by atoms with Crippen molar-refractivity contribution in [2.75, 3.05) is 37.7 Å². The average molecular weight is 474 g/mol. The minimum absolute atomic E-state index is 0.0766. The number of benzene rings is 2. The van der Waals surface area contributed by atoms with Gasteiger partial charge < -0.3 is 14.5 Å². The Morgan fingerprint density at radius 2 is 1.80 bits per heavy atom. The number of anilines is 1. The van der Waals surface area contributed by atoms with Crippen molar-refractivity contribution in [1.82, 2.24) is 9.80 Å². The van der Waals surface area contributed by atoms with Crippen LogP contribution in [0.5, 0.6) is 0 Å². The molecule has 0 N–H and O–H groups in total. The molecule has 7 heteroatoms. The molecule has 0 spiro atoms. The molecule has 0 radical (unpaired) electrons. The van der Waals surface area contributed by atoms with E-state index in [0.717, 1.165) is 50.9 Å². The molecule has 0 unspecified atom stereocenters. The highest BCUT2D eigenvalue weighted by atomic mass is 16.5. The van der Waals surface area contributed by atoms with Crippen molar-refractivity contribution >= 4 is 23.4 Å². The summed E-state index contributed by atoms with van der Waals surface area (Å²) in [6.07, 6.45) is 4.38. The van der Waals surface area contributed by atoms with Crippen LogP contribution >= 0.6 is 0 Å². The molecular weight excluding hydrogens is 442 g/mol. The van der Waals surface area contributed by atoms with Gasteiger partial charge in [0.15, 0.2) is 0 Å². The van der Waals surface area contributed by atoms with E-state index in [1.165, 1.54) is 16.0 Å². The summed E-state index contributed by atoms with van der Waals surface area (Å²) in [6.45, 7) is 3.75. The Labute approximate surface area is 205 Å². The fourth-order valence-electron chi connectivity index (χ4n) is 6.08. The third kappa shape index (κ3) is 4.01. The third-order valence-corrected chi connectivity index (χ3v) is 7.94. The zero-order valence-corrected chi connectivity index (χ0v) is 19.9. The Hall–Kier alpha value is -3.19. The molecule has 7 nitrogen and oxygen atoms in total. The topological polar surface area (TPSA) is 70.2 Å². The molecule has 2 saturated heterocycles. The lowest BCUT2D eigenvalue weighted by Crippen LogP contribution is -2.46. The third-order valence-electron chi connectivity index (χ3n) is 7.94. The number of ether oxygens (including phenoxy) is 1. The number of amides is 3. The lowest BCUT2D eigenvalue weighted by atomic mass is 9.93. The van der Waals surface area contributed by atoms with E-state index in [1.807, 2.05) is 23.1 Å². The molecule has 35 heavy (non-hydrogen) atoms. The average Bonchev–Trinajstić information content (AvgIpc) is 3.51. The smallest absolute Gasteiger partial charge is 0.263 e. The maximum Gasteiger partial charge on any atom is 0.263 e. The van der Waals surface area contributed by atoms with Crippen LogP contribution in [0.2, 0.25) is 0 Å². The second-order valence-electron chi connectivity index (χ2n) is 10.1. The van der Waals surface area contributed by atoms with Crippen LogP contribution in [0.25, 0.3) is 0 Å². The summed E-state index contributed by atoms with van der Waals surface area (Å²) in [7, 11) is 0. The normalized spacial score (nSPS) is 24.1. The van der Waals surface area contributed by atoms with Gasteiger partial charge in [0.05, 0.1) is 35.4 Å². The van der Waals surface area contributed by atoms with Crippen LogP contribution < -0.4 is 4.90 Å². The summed E-state index contributed by atoms with van der Waals surface area (Å²) in [5.41, 5.74) is 4.28. The number of rotatable bonds is 4. The summed E-state index contributed by atoms with van der Waals surface area (Å²) in [5.74, 6) is -0.393. The Morgan fingerprint density at radius 1 is 0.943 bits per heavy atom. The van der Waals surface area contributed by atoms with Gasteiger partial charge in [-0.15, -0.1) is 0 Å². The molecular formula is C28H31N3O4. The van der Waals surface area contributed by atoms with Gasteiger partial charge in [0.1, 0.15) is 0 Å². The Kier molecular flexibility index (Phi) is 5.80. The first-order valence-corrected chi connectivity index (χ1v) is 12.8. The van der Waals surface area contributed by atoms with E-state index in [9.17, 15) is 14.4 Å². The highest BCUT2D eigenvalue weighted by molar-refractivity contribution is 6.23. The van der Waals surface area contributed by atoms with Gasteiger partial charge in [0.2, 0.25) is 5.91 Å². The zero-order valence-electron chi connectivity index (χ0n) is 19.9. The first-order valence-electron chi connectivity index (χ1n) is 12.8. The van der Waals surface area contributed by atoms with Gasteiger partial charge in [-0.05, 0) is 55.4 Å². The van der Waals surface area contributed by atoms with Gasteiger partial charge in [0, 0.05) is 32.8 Å². The van der Waals surface area contributed by atoms with Crippen LogP contribution in [0.15, 0.2) is 42.5 Å². The van der Waals surface area contributed by atoms with Crippen molar-refractivity contribution in [3.05, 3.63) is 64.7 Å². The van der Waals surface area contributed by atoms with Crippen LogP contribution in [0.1, 0.15) is 57.5 Å². The monoisotopic (exact) mass is 473 g/mol. The van der Waals surface area contributed by atoms with Crippen molar-refractivity contribution in [2.45, 2.75) is 44.8 Å². The van der Waals surface area contributed by atoms with Gasteiger partial charge in [-0.3, -0.25) is 19.3 Å². The van der Waals surface area contributed by atoms with Gasteiger partial charge >= 0.3 is 0 Å². The molecule has 182 valence electrons. The second-order valence-corrected chi connectivity index (χ2v) is 10.1. The van der Waals surface area contributed by atoms with E-state index in [4.69, 9.17) is 4.74 Å². The van der Waals surface area contributed by atoms with E-state index >= 15 is 0 Å². The molecule has 4 heterocycles. The zero-order chi connectivity index (χ0) is 23.9. The number of piperidine rings is 1. The maximum atomic E-state index is 13.5. The fourth-order valence-corrected chi connectivity index (χ4v) is 6.08. The molecule has 0 aromatic heterocycles. The van der Waals surface area contributed by atoms with Gasteiger partial charge in [-0.1, -0.05) is 30.3 Å². The van der Waals surface area contributed by atoms with E-state index in [-0.39, 0.29) is 29.7 Å². The summed E-state index contributed by atoms with van der Waals surface area (Å²) >= 11 is 0. The van der Waals surface area contributed by atoms with Crippen molar-refractivity contribution in [1.29, 1.82) is 0 Å². The summed E-state index contributed by atoms with van der Waals surface area (Å²) in [5, 5.41) is 0. The predicted molar refractivity (Wildman–Crippen MR) is 131 cm³/mol. The molecule has 2 aromatic rings. The lowest BCUT2D eigenvalue weighted by molar-refractivity contribution is -0.136. The molecule has 3 amide bonds. The van der Waals surface area contributed by atoms with Crippen LogP contribution in [0.3, 0.4) is 0 Å². The highest BCUT2D eigenvalue weighted by Gasteiger charge is 2.41. The first-order chi connectivity index (χ1) is 17.1. The number of fused-ring (bicyclic) bond motifs is 2.